The summed E-state index contributed by atoms with van der Waals surface area (Å²) in [4.78, 5) is 11.4. The summed E-state index contributed by atoms with van der Waals surface area (Å²) < 4.78 is 5.11. The molecule has 0 aliphatic heterocycles. The number of hydrogen-bond acceptors (Lipinski definition) is 6. The molecule has 1 aromatic heterocycles. The molecule has 0 saturated heterocycles. The van der Waals surface area contributed by atoms with Crippen LogP contribution in [-0.2, 0) is 4.74 Å². The van der Waals surface area contributed by atoms with Gasteiger partial charge in [-0.25, -0.2) is 4.98 Å². The van der Waals surface area contributed by atoms with Crippen molar-refractivity contribution in [3.63, 3.8) is 0 Å². The van der Waals surface area contributed by atoms with Crippen LogP contribution >= 0.6 is 0 Å². The van der Waals surface area contributed by atoms with Crippen LogP contribution in [-0.4, -0.2) is 44.3 Å². The molecular formula is C20H25N5O. The summed E-state index contributed by atoms with van der Waals surface area (Å²) in [6.07, 6.45) is 0.920. The van der Waals surface area contributed by atoms with E-state index in [1.54, 1.807) is 7.11 Å². The van der Waals surface area contributed by atoms with Crippen LogP contribution in [0.2, 0.25) is 0 Å². The van der Waals surface area contributed by atoms with Crippen molar-refractivity contribution in [1.29, 1.82) is 0 Å². The maximum absolute atomic E-state index is 5.11. The van der Waals surface area contributed by atoms with Gasteiger partial charge in [0.15, 0.2) is 0 Å². The molecule has 3 rings (SSSR count). The fourth-order valence-electron chi connectivity index (χ4n) is 2.66. The van der Waals surface area contributed by atoms with Gasteiger partial charge in [0.25, 0.3) is 0 Å². The SMILES string of the molecule is COCCCNc1nc(Nc2ccc(N(C)C)cc2)nc2ccccc12. The molecule has 0 spiro atoms. The van der Waals surface area contributed by atoms with Crippen molar-refractivity contribution in [2.24, 2.45) is 0 Å². The van der Waals surface area contributed by atoms with E-state index in [2.05, 4.69) is 37.6 Å². The third kappa shape index (κ3) is 4.40. The highest BCUT2D eigenvalue weighted by Crippen LogP contribution is 2.24. The van der Waals surface area contributed by atoms with Crippen LogP contribution in [0.3, 0.4) is 0 Å². The van der Waals surface area contributed by atoms with Crippen LogP contribution in [0.25, 0.3) is 10.9 Å². The molecule has 3 aromatic rings. The number of nitrogens with one attached hydrogen (secondary N) is 2. The molecule has 0 saturated carbocycles. The van der Waals surface area contributed by atoms with Gasteiger partial charge in [-0.05, 0) is 42.8 Å². The Hall–Kier alpha value is -2.86. The topological polar surface area (TPSA) is 62.3 Å². The lowest BCUT2D eigenvalue weighted by atomic mass is 10.2. The summed E-state index contributed by atoms with van der Waals surface area (Å²) in [5, 5.41) is 7.71. The van der Waals surface area contributed by atoms with Crippen LogP contribution < -0.4 is 15.5 Å². The van der Waals surface area contributed by atoms with Crippen molar-refractivity contribution < 1.29 is 4.74 Å². The van der Waals surface area contributed by atoms with Gasteiger partial charge in [0.1, 0.15) is 5.82 Å². The third-order valence-corrected chi connectivity index (χ3v) is 4.06. The molecule has 1 heterocycles. The Bertz CT molecular complexity index is 848. The van der Waals surface area contributed by atoms with Gasteiger partial charge in [0, 0.05) is 51.1 Å². The zero-order chi connectivity index (χ0) is 18.4. The molecule has 0 unspecified atom stereocenters. The van der Waals surface area contributed by atoms with Gasteiger partial charge in [-0.15, -0.1) is 0 Å². The van der Waals surface area contributed by atoms with Crippen LogP contribution in [0.5, 0.6) is 0 Å². The van der Waals surface area contributed by atoms with Gasteiger partial charge >= 0.3 is 0 Å². The first-order valence-corrected chi connectivity index (χ1v) is 8.71. The number of para-hydroxylation sites is 1. The van der Waals surface area contributed by atoms with E-state index in [4.69, 9.17) is 4.74 Å². The zero-order valence-electron chi connectivity index (χ0n) is 15.5. The Kier molecular flexibility index (Phi) is 5.86. The molecule has 0 atom stereocenters. The molecule has 6 heteroatoms. The summed E-state index contributed by atoms with van der Waals surface area (Å²) in [7, 11) is 5.76. The summed E-state index contributed by atoms with van der Waals surface area (Å²) in [6.45, 7) is 1.52. The first-order chi connectivity index (χ1) is 12.7. The smallest absolute Gasteiger partial charge is 0.229 e. The number of nitrogens with zero attached hydrogens (tertiary/aromatic N) is 3. The van der Waals surface area contributed by atoms with Gasteiger partial charge in [0.05, 0.1) is 5.52 Å². The van der Waals surface area contributed by atoms with E-state index < -0.39 is 0 Å². The lowest BCUT2D eigenvalue weighted by molar-refractivity contribution is 0.198. The first kappa shape index (κ1) is 17.9. The molecule has 6 nitrogen and oxygen atoms in total. The second-order valence-corrected chi connectivity index (χ2v) is 6.25. The predicted octanol–water partition coefficient (Wildman–Crippen LogP) is 3.89. The van der Waals surface area contributed by atoms with Crippen LogP contribution in [0.1, 0.15) is 6.42 Å². The Morgan fingerprint density at radius 2 is 1.77 bits per heavy atom. The van der Waals surface area contributed by atoms with Gasteiger partial charge in [-0.2, -0.15) is 4.98 Å². The molecule has 2 aromatic carbocycles. The first-order valence-electron chi connectivity index (χ1n) is 8.71. The quantitative estimate of drug-likeness (QED) is 0.601. The van der Waals surface area contributed by atoms with Crippen molar-refractivity contribution in [3.8, 4) is 0 Å². The lowest BCUT2D eigenvalue weighted by Gasteiger charge is -2.14. The van der Waals surface area contributed by atoms with E-state index in [0.717, 1.165) is 47.7 Å². The molecule has 0 fully saturated rings. The Morgan fingerprint density at radius 1 is 1.00 bits per heavy atom. The van der Waals surface area contributed by atoms with E-state index in [0.29, 0.717) is 5.95 Å². The van der Waals surface area contributed by atoms with Gasteiger partial charge in [-0.1, -0.05) is 12.1 Å². The van der Waals surface area contributed by atoms with Crippen LogP contribution in [0.15, 0.2) is 48.5 Å². The minimum atomic E-state index is 0.579. The lowest BCUT2D eigenvalue weighted by Crippen LogP contribution is -2.09. The maximum atomic E-state index is 5.11. The molecule has 136 valence electrons. The fourth-order valence-corrected chi connectivity index (χ4v) is 2.66. The van der Waals surface area contributed by atoms with E-state index in [1.807, 2.05) is 50.5 Å². The van der Waals surface area contributed by atoms with Crippen LogP contribution in [0, 0.1) is 0 Å². The summed E-state index contributed by atoms with van der Waals surface area (Å²) in [5.74, 6) is 1.41. The number of anilines is 4. The maximum Gasteiger partial charge on any atom is 0.229 e. The summed E-state index contributed by atoms with van der Waals surface area (Å²) >= 11 is 0. The molecule has 0 aliphatic carbocycles. The van der Waals surface area contributed by atoms with Crippen LogP contribution in [0.4, 0.5) is 23.1 Å². The van der Waals surface area contributed by atoms with Crippen molar-refractivity contribution in [3.05, 3.63) is 48.5 Å². The van der Waals surface area contributed by atoms with E-state index in [-0.39, 0.29) is 0 Å². The minimum Gasteiger partial charge on any atom is -0.385 e. The van der Waals surface area contributed by atoms with Gasteiger partial charge in [-0.3, -0.25) is 0 Å². The second-order valence-electron chi connectivity index (χ2n) is 6.25. The molecule has 0 radical (unpaired) electrons. The third-order valence-electron chi connectivity index (χ3n) is 4.06. The number of ether oxygens (including phenoxy) is 1. The monoisotopic (exact) mass is 351 g/mol. The average Bonchev–Trinajstić information content (AvgIpc) is 2.65. The highest BCUT2D eigenvalue weighted by atomic mass is 16.5. The molecule has 0 bridgehead atoms. The molecule has 0 amide bonds. The van der Waals surface area contributed by atoms with E-state index in [9.17, 15) is 0 Å². The highest BCUT2D eigenvalue weighted by molar-refractivity contribution is 5.90. The number of aromatic nitrogens is 2. The van der Waals surface area contributed by atoms with Crippen molar-refractivity contribution in [2.45, 2.75) is 6.42 Å². The van der Waals surface area contributed by atoms with E-state index >= 15 is 0 Å². The second kappa shape index (κ2) is 8.49. The normalized spacial score (nSPS) is 10.7. The Labute approximate surface area is 154 Å². The van der Waals surface area contributed by atoms with Gasteiger partial charge < -0.3 is 20.3 Å². The number of hydrogen-bond donors (Lipinski definition) is 2. The summed E-state index contributed by atoms with van der Waals surface area (Å²) in [6, 6.07) is 16.2. The average molecular weight is 351 g/mol. The Balaban J connectivity index is 1.83. The molecule has 0 aliphatic rings. The number of rotatable bonds is 8. The number of fused-ring (bicyclic) bond motifs is 1. The van der Waals surface area contributed by atoms with E-state index in [1.165, 1.54) is 0 Å². The largest absolute Gasteiger partial charge is 0.385 e. The summed E-state index contributed by atoms with van der Waals surface area (Å²) in [5.41, 5.74) is 3.01. The highest BCUT2D eigenvalue weighted by Gasteiger charge is 2.08. The molecule has 26 heavy (non-hydrogen) atoms. The van der Waals surface area contributed by atoms with Gasteiger partial charge in [0.2, 0.25) is 5.95 Å². The molecule has 2 N–H and O–H groups in total. The number of benzene rings is 2. The van der Waals surface area contributed by atoms with Crippen molar-refractivity contribution in [2.75, 3.05) is 49.9 Å². The predicted molar refractivity (Wildman–Crippen MR) is 109 cm³/mol. The molecular weight excluding hydrogens is 326 g/mol. The van der Waals surface area contributed by atoms with Crippen molar-refractivity contribution >= 4 is 34.0 Å². The minimum absolute atomic E-state index is 0.579. The van der Waals surface area contributed by atoms with Crippen molar-refractivity contribution in [1.82, 2.24) is 9.97 Å². The fraction of sp³-hybridized carbons (Fsp3) is 0.300. The zero-order valence-corrected chi connectivity index (χ0v) is 15.5. The standard InChI is InChI=1S/C20H25N5O/c1-25(2)16-11-9-15(10-12-16)22-20-23-18-8-5-4-7-17(18)19(24-20)21-13-6-14-26-3/h4-5,7-12H,6,13-14H2,1-3H3,(H2,21,22,23,24). The number of methoxy groups -OCH3 is 1. The Morgan fingerprint density at radius 3 is 2.50 bits per heavy atom.